The van der Waals surface area contributed by atoms with Crippen LogP contribution in [0.25, 0.3) is 0 Å². The van der Waals surface area contributed by atoms with Gasteiger partial charge in [0.15, 0.2) is 0 Å². The van der Waals surface area contributed by atoms with Crippen molar-refractivity contribution in [3.63, 3.8) is 0 Å². The number of ether oxygens (including phenoxy) is 1. The third-order valence-electron chi connectivity index (χ3n) is 4.77. The summed E-state index contributed by atoms with van der Waals surface area (Å²) in [5.74, 6) is 0.630. The summed E-state index contributed by atoms with van der Waals surface area (Å²) in [5.41, 5.74) is 0.251. The second-order valence-corrected chi connectivity index (χ2v) is 7.00. The fourth-order valence-corrected chi connectivity index (χ4v) is 3.77. The zero-order valence-corrected chi connectivity index (χ0v) is 14.7. The number of hydrogen-bond donors (Lipinski definition) is 1. The lowest BCUT2D eigenvalue weighted by atomic mass is 9.98. The maximum atomic E-state index is 12.7. The summed E-state index contributed by atoms with van der Waals surface area (Å²) in [6, 6.07) is 5.12. The third kappa shape index (κ3) is 3.08. The van der Waals surface area contributed by atoms with Gasteiger partial charge in [-0.05, 0) is 38.1 Å². The Morgan fingerprint density at radius 1 is 1.33 bits per heavy atom. The normalized spacial score (nSPS) is 19.4. The van der Waals surface area contributed by atoms with Crippen molar-refractivity contribution in [2.75, 3.05) is 20.8 Å². The van der Waals surface area contributed by atoms with Gasteiger partial charge in [0.2, 0.25) is 0 Å². The van der Waals surface area contributed by atoms with Gasteiger partial charge in [-0.3, -0.25) is 9.69 Å². The van der Waals surface area contributed by atoms with Crippen LogP contribution in [0.15, 0.2) is 18.2 Å². The molecule has 1 aromatic carbocycles. The highest BCUT2D eigenvalue weighted by molar-refractivity contribution is 6.30. The molecule has 1 heterocycles. The van der Waals surface area contributed by atoms with Crippen LogP contribution in [-0.2, 0) is 11.3 Å². The van der Waals surface area contributed by atoms with Crippen molar-refractivity contribution in [2.45, 2.75) is 37.8 Å². The average Bonchev–Trinajstić information content (AvgIpc) is 3.09. The van der Waals surface area contributed by atoms with E-state index in [0.29, 0.717) is 11.6 Å². The van der Waals surface area contributed by atoms with Crippen LogP contribution in [0.4, 0.5) is 4.79 Å². The number of nitrogens with zero attached hydrogens (tertiary/aromatic N) is 2. The van der Waals surface area contributed by atoms with Crippen LogP contribution in [0, 0.1) is 0 Å². The minimum Gasteiger partial charge on any atom is -0.496 e. The van der Waals surface area contributed by atoms with Gasteiger partial charge in [0.1, 0.15) is 11.3 Å². The number of amides is 3. The van der Waals surface area contributed by atoms with Crippen molar-refractivity contribution in [2.24, 2.45) is 0 Å². The first kappa shape index (κ1) is 17.0. The molecule has 1 aromatic rings. The number of hydrogen-bond acceptors (Lipinski definition) is 4. The summed E-state index contributed by atoms with van der Waals surface area (Å²) in [6.07, 6.45) is 3.44. The summed E-state index contributed by atoms with van der Waals surface area (Å²) in [4.78, 5) is 28.1. The first-order valence-corrected chi connectivity index (χ1v) is 8.48. The Kier molecular flexibility index (Phi) is 4.69. The molecule has 2 aliphatic rings. The molecule has 3 amide bonds. The van der Waals surface area contributed by atoms with Crippen LogP contribution >= 0.6 is 11.6 Å². The van der Waals surface area contributed by atoms with E-state index < -0.39 is 5.54 Å². The Hall–Kier alpha value is -1.79. The molecule has 0 atom stereocenters. The molecule has 130 valence electrons. The highest BCUT2D eigenvalue weighted by Gasteiger charge is 2.52. The molecule has 1 saturated carbocycles. The monoisotopic (exact) mass is 351 g/mol. The molecule has 7 heteroatoms. The lowest BCUT2D eigenvalue weighted by Gasteiger charge is -2.24. The molecule has 0 aromatic heterocycles. The van der Waals surface area contributed by atoms with Gasteiger partial charge in [-0.2, -0.15) is 0 Å². The molecule has 1 saturated heterocycles. The summed E-state index contributed by atoms with van der Waals surface area (Å²) in [5, 5.41) is 3.52. The van der Waals surface area contributed by atoms with Crippen molar-refractivity contribution in [1.29, 1.82) is 0 Å². The number of urea groups is 1. The van der Waals surface area contributed by atoms with E-state index in [1.54, 1.807) is 13.2 Å². The van der Waals surface area contributed by atoms with Crippen LogP contribution in [0.5, 0.6) is 5.75 Å². The first-order chi connectivity index (χ1) is 11.4. The molecule has 1 N–H and O–H groups in total. The van der Waals surface area contributed by atoms with E-state index in [1.165, 1.54) is 4.90 Å². The SMILES string of the molecule is COc1ccc(Cl)cc1CN(C)CN1C(=O)NC2(CCCC2)C1=O. The standard InChI is InChI=1S/C17H22ClN3O3/c1-20(10-12-9-13(18)5-6-14(12)24-2)11-21-15(22)17(19-16(21)23)7-3-4-8-17/h5-6,9H,3-4,7-8,10-11H2,1-2H3,(H,19,23). The van der Waals surface area contributed by atoms with Gasteiger partial charge in [-0.25, -0.2) is 9.69 Å². The Labute approximate surface area is 146 Å². The van der Waals surface area contributed by atoms with E-state index >= 15 is 0 Å². The molecule has 6 nitrogen and oxygen atoms in total. The van der Waals surface area contributed by atoms with Crippen LogP contribution in [0.1, 0.15) is 31.2 Å². The van der Waals surface area contributed by atoms with E-state index in [1.807, 2.05) is 24.1 Å². The quantitative estimate of drug-likeness (QED) is 0.828. The van der Waals surface area contributed by atoms with Gasteiger partial charge in [0.25, 0.3) is 5.91 Å². The minimum absolute atomic E-state index is 0.102. The second kappa shape index (κ2) is 6.61. The number of carbonyl (C=O) groups is 2. The number of nitrogens with one attached hydrogen (secondary N) is 1. The Morgan fingerprint density at radius 2 is 2.04 bits per heavy atom. The first-order valence-electron chi connectivity index (χ1n) is 8.10. The molecule has 0 bridgehead atoms. The van der Waals surface area contributed by atoms with Gasteiger partial charge in [0, 0.05) is 17.1 Å². The van der Waals surface area contributed by atoms with E-state index in [0.717, 1.165) is 37.0 Å². The molecule has 1 spiro atoms. The Morgan fingerprint density at radius 3 is 2.71 bits per heavy atom. The molecule has 1 aliphatic heterocycles. The predicted molar refractivity (Wildman–Crippen MR) is 90.9 cm³/mol. The van der Waals surface area contributed by atoms with Crippen molar-refractivity contribution < 1.29 is 14.3 Å². The molecule has 24 heavy (non-hydrogen) atoms. The zero-order chi connectivity index (χ0) is 17.3. The van der Waals surface area contributed by atoms with Gasteiger partial charge in [-0.15, -0.1) is 0 Å². The molecular formula is C17H22ClN3O3. The van der Waals surface area contributed by atoms with Crippen molar-refractivity contribution in [3.05, 3.63) is 28.8 Å². The van der Waals surface area contributed by atoms with Gasteiger partial charge in [-0.1, -0.05) is 24.4 Å². The number of halogens is 1. The van der Waals surface area contributed by atoms with Gasteiger partial charge >= 0.3 is 6.03 Å². The summed E-state index contributed by atoms with van der Waals surface area (Å²) >= 11 is 6.05. The fourth-order valence-electron chi connectivity index (χ4n) is 3.58. The topological polar surface area (TPSA) is 61.9 Å². The highest BCUT2D eigenvalue weighted by Crippen LogP contribution is 2.35. The van der Waals surface area contributed by atoms with E-state index in [-0.39, 0.29) is 18.6 Å². The number of methoxy groups -OCH3 is 1. The molecule has 0 unspecified atom stereocenters. The van der Waals surface area contributed by atoms with Crippen molar-refractivity contribution in [1.82, 2.24) is 15.1 Å². The fraction of sp³-hybridized carbons (Fsp3) is 0.529. The summed E-state index contributed by atoms with van der Waals surface area (Å²) in [7, 11) is 3.47. The third-order valence-corrected chi connectivity index (χ3v) is 5.00. The molecule has 3 rings (SSSR count). The highest BCUT2D eigenvalue weighted by atomic mass is 35.5. The number of carbonyl (C=O) groups excluding carboxylic acids is 2. The largest absolute Gasteiger partial charge is 0.496 e. The maximum Gasteiger partial charge on any atom is 0.326 e. The number of benzene rings is 1. The number of rotatable bonds is 5. The van der Waals surface area contributed by atoms with E-state index in [4.69, 9.17) is 16.3 Å². The summed E-state index contributed by atoms with van der Waals surface area (Å²) < 4.78 is 5.34. The lowest BCUT2D eigenvalue weighted by Crippen LogP contribution is -2.45. The van der Waals surface area contributed by atoms with Gasteiger partial charge < -0.3 is 10.1 Å². The van der Waals surface area contributed by atoms with E-state index in [9.17, 15) is 9.59 Å². The molecular weight excluding hydrogens is 330 g/mol. The minimum atomic E-state index is -0.661. The predicted octanol–water partition coefficient (Wildman–Crippen LogP) is 2.60. The van der Waals surface area contributed by atoms with Crippen LogP contribution in [0.3, 0.4) is 0 Å². The number of imide groups is 1. The smallest absolute Gasteiger partial charge is 0.326 e. The maximum absolute atomic E-state index is 12.7. The van der Waals surface area contributed by atoms with Crippen LogP contribution in [0.2, 0.25) is 5.02 Å². The van der Waals surface area contributed by atoms with Crippen molar-refractivity contribution >= 4 is 23.5 Å². The Balaban J connectivity index is 1.69. The van der Waals surface area contributed by atoms with Crippen LogP contribution < -0.4 is 10.1 Å². The second-order valence-electron chi connectivity index (χ2n) is 6.56. The average molecular weight is 352 g/mol. The van der Waals surface area contributed by atoms with Gasteiger partial charge in [0.05, 0.1) is 13.8 Å². The van der Waals surface area contributed by atoms with Crippen LogP contribution in [-0.4, -0.2) is 48.1 Å². The molecule has 2 fully saturated rings. The molecule has 0 radical (unpaired) electrons. The zero-order valence-electron chi connectivity index (χ0n) is 14.0. The van der Waals surface area contributed by atoms with E-state index in [2.05, 4.69) is 5.32 Å². The lowest BCUT2D eigenvalue weighted by molar-refractivity contribution is -0.132. The molecule has 1 aliphatic carbocycles. The Bertz CT molecular complexity index is 658. The van der Waals surface area contributed by atoms with Crippen molar-refractivity contribution in [3.8, 4) is 5.75 Å². The summed E-state index contributed by atoms with van der Waals surface area (Å²) in [6.45, 7) is 0.760.